The van der Waals surface area contributed by atoms with E-state index >= 15 is 0 Å². The number of hydrogen-bond donors (Lipinski definition) is 3. The Labute approximate surface area is 114 Å². The van der Waals surface area contributed by atoms with E-state index in [0.29, 0.717) is 0 Å². The van der Waals surface area contributed by atoms with Crippen molar-refractivity contribution in [3.8, 4) is 0 Å². The third kappa shape index (κ3) is 3.38. The molecule has 3 N–H and O–H groups in total. The third-order valence-electron chi connectivity index (χ3n) is 3.44. The van der Waals surface area contributed by atoms with E-state index in [1.807, 2.05) is 0 Å². The Morgan fingerprint density at radius 1 is 1.21 bits per heavy atom. The molecule has 0 aliphatic carbocycles. The third-order valence-corrected chi connectivity index (χ3v) is 7.19. The van der Waals surface area contributed by atoms with E-state index in [1.165, 1.54) is 0 Å². The molecule has 0 aromatic rings. The highest BCUT2D eigenvalue weighted by atomic mass is 31.2. The molecule has 114 valence electrons. The predicted molar refractivity (Wildman–Crippen MR) is 71.1 cm³/mol. The van der Waals surface area contributed by atoms with Gasteiger partial charge in [0.1, 0.15) is 23.6 Å². The summed E-state index contributed by atoms with van der Waals surface area (Å²) in [5.74, 6) is -4.78. The van der Waals surface area contributed by atoms with Crippen molar-refractivity contribution in [1.29, 1.82) is 0 Å². The second-order valence-corrected chi connectivity index (χ2v) is 8.57. The second-order valence-electron chi connectivity index (χ2n) is 5.32. The van der Waals surface area contributed by atoms with Crippen molar-refractivity contribution >= 4 is 7.14 Å². The zero-order chi connectivity index (χ0) is 14.8. The van der Waals surface area contributed by atoms with Crippen molar-refractivity contribution in [1.82, 2.24) is 0 Å². The zero-order valence-corrected chi connectivity index (χ0v) is 12.8. The smallest absolute Gasteiger partial charge is 0.171 e. The molecule has 1 aliphatic heterocycles. The first-order valence-electron chi connectivity index (χ1n) is 6.64. The van der Waals surface area contributed by atoms with Crippen molar-refractivity contribution in [3.05, 3.63) is 0 Å². The molecule has 0 bridgehead atoms. The first-order valence-corrected chi connectivity index (χ1v) is 8.55. The van der Waals surface area contributed by atoms with Gasteiger partial charge in [0.25, 0.3) is 0 Å². The van der Waals surface area contributed by atoms with Crippen LogP contribution < -0.4 is 0 Å². The summed E-state index contributed by atoms with van der Waals surface area (Å²) in [6.45, 7) is 6.78. The normalized spacial score (nSPS) is 30.6. The Morgan fingerprint density at radius 3 is 2.00 bits per heavy atom. The van der Waals surface area contributed by atoms with E-state index in [2.05, 4.69) is 0 Å². The maximum absolute atomic E-state index is 12.9. The van der Waals surface area contributed by atoms with Crippen LogP contribution in [-0.4, -0.2) is 51.4 Å². The molecule has 0 amide bonds. The SMILES string of the molecule is CCC(O)P(=O)(C(O)CC)[C@H](O)[C@@H]1COC(C)(C)O1. The molecule has 7 heteroatoms. The van der Waals surface area contributed by atoms with Gasteiger partial charge in [-0.3, -0.25) is 0 Å². The number of aliphatic hydroxyl groups excluding tert-OH is 3. The highest BCUT2D eigenvalue weighted by Crippen LogP contribution is 2.60. The standard InChI is InChI=1S/C12H25O6P/c1-5-9(13)19(16,10(14)6-2)11(15)8-7-17-12(3,4)18-8/h8-11,13-15H,5-7H2,1-4H3/t8-,9?,10?,11-,19?/m0/s1. The summed E-state index contributed by atoms with van der Waals surface area (Å²) in [6.07, 6.45) is -0.409. The Bertz CT molecular complexity index is 331. The summed E-state index contributed by atoms with van der Waals surface area (Å²) in [6, 6.07) is 0. The van der Waals surface area contributed by atoms with Crippen molar-refractivity contribution in [2.24, 2.45) is 0 Å². The van der Waals surface area contributed by atoms with E-state index in [1.54, 1.807) is 27.7 Å². The van der Waals surface area contributed by atoms with E-state index in [4.69, 9.17) is 9.47 Å². The summed E-state index contributed by atoms with van der Waals surface area (Å²) < 4.78 is 23.7. The van der Waals surface area contributed by atoms with Gasteiger partial charge in [0.2, 0.25) is 0 Å². The molecule has 0 spiro atoms. The molecule has 1 rings (SSSR count). The van der Waals surface area contributed by atoms with Gasteiger partial charge in [-0.25, -0.2) is 0 Å². The maximum atomic E-state index is 12.9. The molecular weight excluding hydrogens is 271 g/mol. The first kappa shape index (κ1) is 17.1. The highest BCUT2D eigenvalue weighted by molar-refractivity contribution is 7.65. The highest BCUT2D eigenvalue weighted by Gasteiger charge is 2.50. The molecule has 0 radical (unpaired) electrons. The van der Waals surface area contributed by atoms with Gasteiger partial charge in [0, 0.05) is 0 Å². The van der Waals surface area contributed by atoms with Crippen molar-refractivity contribution < 1.29 is 29.4 Å². The lowest BCUT2D eigenvalue weighted by Crippen LogP contribution is -2.37. The van der Waals surface area contributed by atoms with Crippen molar-refractivity contribution in [2.75, 3.05) is 6.61 Å². The van der Waals surface area contributed by atoms with Gasteiger partial charge < -0.3 is 29.4 Å². The van der Waals surface area contributed by atoms with Crippen LogP contribution in [0.5, 0.6) is 0 Å². The van der Waals surface area contributed by atoms with Crippen LogP contribution in [0.25, 0.3) is 0 Å². The first-order chi connectivity index (χ1) is 8.69. The number of ether oxygens (including phenoxy) is 2. The fourth-order valence-electron chi connectivity index (χ4n) is 2.24. The van der Waals surface area contributed by atoms with Crippen molar-refractivity contribution in [2.45, 2.75) is 70.0 Å². The van der Waals surface area contributed by atoms with Crippen LogP contribution in [0, 0.1) is 0 Å². The van der Waals surface area contributed by atoms with E-state index in [0.717, 1.165) is 0 Å². The molecule has 0 aromatic carbocycles. The van der Waals surface area contributed by atoms with E-state index in [9.17, 15) is 19.9 Å². The molecule has 1 fully saturated rings. The lowest BCUT2D eigenvalue weighted by atomic mass is 10.4. The number of hydrogen-bond acceptors (Lipinski definition) is 6. The molecule has 2 unspecified atom stereocenters. The van der Waals surface area contributed by atoms with Gasteiger partial charge in [0.05, 0.1) is 6.61 Å². The molecule has 4 atom stereocenters. The zero-order valence-electron chi connectivity index (χ0n) is 11.9. The minimum atomic E-state index is -3.64. The van der Waals surface area contributed by atoms with Gasteiger partial charge in [-0.2, -0.15) is 0 Å². The monoisotopic (exact) mass is 296 g/mol. The largest absolute Gasteiger partial charge is 0.385 e. The summed E-state index contributed by atoms with van der Waals surface area (Å²) in [5.41, 5.74) is 0. The van der Waals surface area contributed by atoms with Crippen LogP contribution in [0.4, 0.5) is 0 Å². The summed E-state index contributed by atoms with van der Waals surface area (Å²) in [4.78, 5) is 0. The minimum Gasteiger partial charge on any atom is -0.385 e. The van der Waals surface area contributed by atoms with Crippen LogP contribution >= 0.6 is 7.14 Å². The van der Waals surface area contributed by atoms with Gasteiger partial charge in [-0.05, 0) is 26.7 Å². The molecule has 0 saturated carbocycles. The maximum Gasteiger partial charge on any atom is 0.171 e. The average Bonchev–Trinajstić information content (AvgIpc) is 2.74. The Kier molecular flexibility index (Phi) is 5.58. The van der Waals surface area contributed by atoms with Gasteiger partial charge in [0.15, 0.2) is 12.9 Å². The number of aliphatic hydroxyl groups is 3. The molecule has 6 nitrogen and oxygen atoms in total. The molecule has 1 aliphatic rings. The van der Waals surface area contributed by atoms with Crippen LogP contribution in [0.15, 0.2) is 0 Å². The fourth-order valence-corrected chi connectivity index (χ4v) is 5.15. The topological polar surface area (TPSA) is 96.2 Å². The number of rotatable bonds is 6. The molecule has 19 heavy (non-hydrogen) atoms. The lowest BCUT2D eigenvalue weighted by molar-refractivity contribution is -0.145. The predicted octanol–water partition coefficient (Wildman–Crippen LogP) is 1.28. The van der Waals surface area contributed by atoms with Crippen LogP contribution in [0.1, 0.15) is 40.5 Å². The second kappa shape index (κ2) is 6.20. The summed E-state index contributed by atoms with van der Waals surface area (Å²) >= 11 is 0. The van der Waals surface area contributed by atoms with Gasteiger partial charge in [-0.1, -0.05) is 13.8 Å². The summed E-state index contributed by atoms with van der Waals surface area (Å²) in [5, 5.41) is 30.2. The quantitative estimate of drug-likeness (QED) is 0.639. The molecule has 0 aromatic heterocycles. The fraction of sp³-hybridized carbons (Fsp3) is 1.00. The van der Waals surface area contributed by atoms with Crippen LogP contribution in [-0.2, 0) is 14.0 Å². The van der Waals surface area contributed by atoms with Crippen LogP contribution in [0.2, 0.25) is 0 Å². The van der Waals surface area contributed by atoms with Crippen LogP contribution in [0.3, 0.4) is 0 Å². The molecule has 1 saturated heterocycles. The van der Waals surface area contributed by atoms with E-state index in [-0.39, 0.29) is 19.4 Å². The van der Waals surface area contributed by atoms with Gasteiger partial charge >= 0.3 is 0 Å². The molecular formula is C12H25O6P. The van der Waals surface area contributed by atoms with Crippen molar-refractivity contribution in [3.63, 3.8) is 0 Å². The lowest BCUT2D eigenvalue weighted by Gasteiger charge is -2.33. The Balaban J connectivity index is 2.96. The Hall–Kier alpha value is 0.0300. The van der Waals surface area contributed by atoms with E-state index < -0.39 is 36.6 Å². The Morgan fingerprint density at radius 2 is 1.68 bits per heavy atom. The minimum absolute atomic E-state index is 0.0883. The van der Waals surface area contributed by atoms with Gasteiger partial charge in [-0.15, -0.1) is 0 Å². The molecule has 1 heterocycles. The average molecular weight is 296 g/mol. The summed E-state index contributed by atoms with van der Waals surface area (Å²) in [7, 11) is -3.64.